The van der Waals surface area contributed by atoms with Gasteiger partial charge >= 0.3 is 0 Å². The predicted molar refractivity (Wildman–Crippen MR) is 65.1 cm³/mol. The maximum atomic E-state index is 12.1. The Balaban J connectivity index is 3.02. The van der Waals surface area contributed by atoms with Crippen LogP contribution in [0.25, 0.3) is 0 Å². The summed E-state index contributed by atoms with van der Waals surface area (Å²) in [6, 6.07) is 3.35. The molecular weight excluding hydrogens is 246 g/mol. The van der Waals surface area contributed by atoms with Crippen molar-refractivity contribution in [2.24, 2.45) is 0 Å². The lowest BCUT2D eigenvalue weighted by Gasteiger charge is -2.18. The van der Waals surface area contributed by atoms with Crippen molar-refractivity contribution in [2.75, 3.05) is 19.7 Å². The van der Waals surface area contributed by atoms with E-state index in [4.69, 9.17) is 5.11 Å². The number of aliphatic hydroxyl groups is 1. The number of hydrogen-bond acceptors (Lipinski definition) is 4. The van der Waals surface area contributed by atoms with Crippen molar-refractivity contribution in [2.45, 2.75) is 11.1 Å². The van der Waals surface area contributed by atoms with Gasteiger partial charge < -0.3 is 5.11 Å². The Morgan fingerprint density at radius 3 is 2.69 bits per heavy atom. The number of aryl methyl sites for hydroxylation is 1. The molecule has 1 rings (SSSR count). The maximum absolute atomic E-state index is 12.1. The molecule has 0 spiro atoms. The van der Waals surface area contributed by atoms with Crippen LogP contribution in [0.4, 0.5) is 0 Å². The molecule has 0 saturated heterocycles. The lowest BCUT2D eigenvalue weighted by molar-refractivity contribution is 0.260. The first-order chi connectivity index (χ1) is 7.52. The van der Waals surface area contributed by atoms with Crippen molar-refractivity contribution in [1.29, 1.82) is 0 Å². The van der Waals surface area contributed by atoms with E-state index >= 15 is 0 Å². The van der Waals surface area contributed by atoms with E-state index in [-0.39, 0.29) is 19.7 Å². The van der Waals surface area contributed by atoms with Crippen molar-refractivity contribution in [3.63, 3.8) is 0 Å². The predicted octanol–water partition coefficient (Wildman–Crippen LogP) is 1.23. The van der Waals surface area contributed by atoms with E-state index in [0.717, 1.165) is 4.88 Å². The Morgan fingerprint density at radius 2 is 2.25 bits per heavy atom. The third-order valence-corrected chi connectivity index (χ3v) is 5.33. The van der Waals surface area contributed by atoms with Crippen LogP contribution in [-0.2, 0) is 10.0 Å². The molecule has 0 fully saturated rings. The van der Waals surface area contributed by atoms with Crippen molar-refractivity contribution >= 4 is 21.4 Å². The first-order valence-corrected chi connectivity index (χ1v) is 7.06. The molecule has 0 atom stereocenters. The van der Waals surface area contributed by atoms with Gasteiger partial charge in [-0.1, -0.05) is 6.08 Å². The van der Waals surface area contributed by atoms with Gasteiger partial charge in [-0.3, -0.25) is 0 Å². The molecule has 1 aromatic rings. The maximum Gasteiger partial charge on any atom is 0.252 e. The molecule has 0 bridgehead atoms. The highest BCUT2D eigenvalue weighted by molar-refractivity contribution is 7.91. The van der Waals surface area contributed by atoms with Crippen molar-refractivity contribution in [3.8, 4) is 0 Å². The molecule has 6 heteroatoms. The van der Waals surface area contributed by atoms with E-state index in [0.29, 0.717) is 4.21 Å². The number of sulfonamides is 1. The molecule has 1 N–H and O–H groups in total. The summed E-state index contributed by atoms with van der Waals surface area (Å²) in [6.45, 7) is 5.47. The molecule has 0 aliphatic heterocycles. The van der Waals surface area contributed by atoms with Crippen LogP contribution in [0.3, 0.4) is 0 Å². The summed E-state index contributed by atoms with van der Waals surface area (Å²) in [4.78, 5) is 0.945. The Kier molecular flexibility index (Phi) is 4.67. The van der Waals surface area contributed by atoms with E-state index in [9.17, 15) is 8.42 Å². The third-order valence-electron chi connectivity index (χ3n) is 1.99. The van der Waals surface area contributed by atoms with Crippen LogP contribution in [0.5, 0.6) is 0 Å². The van der Waals surface area contributed by atoms with Crippen LogP contribution >= 0.6 is 11.3 Å². The Bertz CT molecular complexity index is 450. The Morgan fingerprint density at radius 1 is 1.56 bits per heavy atom. The van der Waals surface area contributed by atoms with Gasteiger partial charge in [0.05, 0.1) is 6.61 Å². The van der Waals surface area contributed by atoms with Gasteiger partial charge in [-0.2, -0.15) is 4.31 Å². The summed E-state index contributed by atoms with van der Waals surface area (Å²) >= 11 is 1.23. The van der Waals surface area contributed by atoms with E-state index < -0.39 is 10.0 Å². The fourth-order valence-electron chi connectivity index (χ4n) is 1.24. The Labute approximate surface area is 99.9 Å². The molecule has 4 nitrogen and oxygen atoms in total. The zero-order valence-electron chi connectivity index (χ0n) is 9.09. The second kappa shape index (κ2) is 5.58. The second-order valence-electron chi connectivity index (χ2n) is 3.24. The highest BCUT2D eigenvalue weighted by Gasteiger charge is 2.24. The fraction of sp³-hybridized carbons (Fsp3) is 0.400. The molecule has 1 aromatic heterocycles. The average molecular weight is 261 g/mol. The van der Waals surface area contributed by atoms with Gasteiger partial charge in [0.25, 0.3) is 10.0 Å². The van der Waals surface area contributed by atoms with Gasteiger partial charge in [-0.15, -0.1) is 17.9 Å². The molecule has 0 radical (unpaired) electrons. The van der Waals surface area contributed by atoms with Crippen molar-refractivity contribution in [1.82, 2.24) is 4.31 Å². The summed E-state index contributed by atoms with van der Waals surface area (Å²) in [7, 11) is -3.48. The summed E-state index contributed by atoms with van der Waals surface area (Å²) in [5.41, 5.74) is 0. The zero-order chi connectivity index (χ0) is 12.2. The lowest BCUT2D eigenvalue weighted by Crippen LogP contribution is -2.33. The molecule has 0 saturated carbocycles. The average Bonchev–Trinajstić information content (AvgIpc) is 2.65. The molecule has 0 aliphatic rings. The summed E-state index contributed by atoms with van der Waals surface area (Å²) in [6.07, 6.45) is 1.51. The number of hydrogen-bond donors (Lipinski definition) is 1. The van der Waals surface area contributed by atoms with Gasteiger partial charge in [0.1, 0.15) is 4.21 Å². The highest BCUT2D eigenvalue weighted by Crippen LogP contribution is 2.23. The van der Waals surface area contributed by atoms with E-state index in [2.05, 4.69) is 6.58 Å². The molecule has 0 unspecified atom stereocenters. The zero-order valence-corrected chi connectivity index (χ0v) is 10.7. The van der Waals surface area contributed by atoms with Crippen LogP contribution in [0.15, 0.2) is 29.0 Å². The monoisotopic (exact) mass is 261 g/mol. The van der Waals surface area contributed by atoms with Crippen LogP contribution in [0.1, 0.15) is 4.88 Å². The topological polar surface area (TPSA) is 57.6 Å². The first-order valence-electron chi connectivity index (χ1n) is 4.80. The largest absolute Gasteiger partial charge is 0.395 e. The molecule has 90 valence electrons. The summed E-state index contributed by atoms with van der Waals surface area (Å²) in [5, 5.41) is 8.84. The standard InChI is InChI=1S/C10H15NO3S2/c1-3-6-11(7-8-12)16(13,14)10-5-4-9(2)15-10/h3-5,12H,1,6-8H2,2H3. The normalized spacial score (nSPS) is 11.9. The van der Waals surface area contributed by atoms with Gasteiger partial charge in [-0.25, -0.2) is 8.42 Å². The number of thiophene rings is 1. The minimum Gasteiger partial charge on any atom is -0.395 e. The first kappa shape index (κ1) is 13.4. The smallest absolute Gasteiger partial charge is 0.252 e. The molecular formula is C10H15NO3S2. The second-order valence-corrected chi connectivity index (χ2v) is 6.69. The van der Waals surface area contributed by atoms with Crippen molar-refractivity contribution in [3.05, 3.63) is 29.7 Å². The third kappa shape index (κ3) is 2.91. The van der Waals surface area contributed by atoms with Gasteiger partial charge in [0.15, 0.2) is 0 Å². The van der Waals surface area contributed by atoms with Crippen LogP contribution in [0, 0.1) is 6.92 Å². The molecule has 16 heavy (non-hydrogen) atoms. The Hall–Kier alpha value is -0.690. The molecule has 0 aliphatic carbocycles. The summed E-state index contributed by atoms with van der Waals surface area (Å²) in [5.74, 6) is 0. The van der Waals surface area contributed by atoms with Crippen LogP contribution in [0.2, 0.25) is 0 Å². The van der Waals surface area contributed by atoms with Crippen molar-refractivity contribution < 1.29 is 13.5 Å². The molecule has 0 amide bonds. The molecule has 0 aromatic carbocycles. The summed E-state index contributed by atoms with van der Waals surface area (Å²) < 4.78 is 25.7. The van der Waals surface area contributed by atoms with Crippen LogP contribution < -0.4 is 0 Å². The minimum absolute atomic E-state index is 0.0886. The van der Waals surface area contributed by atoms with Gasteiger partial charge in [0.2, 0.25) is 0 Å². The highest BCUT2D eigenvalue weighted by atomic mass is 32.2. The van der Waals surface area contributed by atoms with Gasteiger partial charge in [-0.05, 0) is 19.1 Å². The van der Waals surface area contributed by atoms with E-state index in [1.165, 1.54) is 21.7 Å². The minimum atomic E-state index is -3.48. The SMILES string of the molecule is C=CCN(CCO)S(=O)(=O)c1ccc(C)s1. The van der Waals surface area contributed by atoms with E-state index in [1.54, 1.807) is 12.1 Å². The van der Waals surface area contributed by atoms with Gasteiger partial charge in [0, 0.05) is 18.0 Å². The molecule has 1 heterocycles. The van der Waals surface area contributed by atoms with E-state index in [1.807, 2.05) is 6.92 Å². The number of rotatable bonds is 6. The lowest BCUT2D eigenvalue weighted by atomic mass is 10.5. The number of aliphatic hydroxyl groups excluding tert-OH is 1. The number of nitrogens with zero attached hydrogens (tertiary/aromatic N) is 1. The quantitative estimate of drug-likeness (QED) is 0.783. The fourth-order valence-corrected chi connectivity index (χ4v) is 4.08. The van der Waals surface area contributed by atoms with Crippen LogP contribution in [-0.4, -0.2) is 37.5 Å².